The van der Waals surface area contributed by atoms with Crippen molar-refractivity contribution in [1.29, 1.82) is 0 Å². The molecular formula is C32H31ClF2N4O3. The van der Waals surface area contributed by atoms with Gasteiger partial charge in [0.05, 0.1) is 21.9 Å². The monoisotopic (exact) mass is 592 g/mol. The van der Waals surface area contributed by atoms with Gasteiger partial charge in [0.1, 0.15) is 0 Å². The van der Waals surface area contributed by atoms with Crippen molar-refractivity contribution in [1.82, 2.24) is 19.0 Å². The molecule has 0 radical (unpaired) electrons. The molecule has 0 unspecified atom stereocenters. The number of rotatable bonds is 7. The molecule has 2 aromatic heterocycles. The Hall–Kier alpha value is -4.11. The van der Waals surface area contributed by atoms with Crippen molar-refractivity contribution in [2.24, 2.45) is 5.92 Å². The first kappa shape index (κ1) is 29.4. The van der Waals surface area contributed by atoms with Crippen LogP contribution in [0.4, 0.5) is 8.78 Å². The zero-order valence-corrected chi connectivity index (χ0v) is 24.6. The van der Waals surface area contributed by atoms with E-state index in [1.807, 2.05) is 45.9 Å². The maximum atomic E-state index is 15.0. The molecule has 1 saturated heterocycles. The van der Waals surface area contributed by atoms with Gasteiger partial charge in [0.15, 0.2) is 17.3 Å². The van der Waals surface area contributed by atoms with E-state index in [0.717, 1.165) is 17.2 Å². The molecular weight excluding hydrogens is 562 g/mol. The Labute approximate surface area is 246 Å². The normalized spacial score (nSPS) is 13.7. The van der Waals surface area contributed by atoms with Gasteiger partial charge in [0, 0.05) is 31.1 Å². The number of nitrogens with zero attached hydrogens (tertiary/aromatic N) is 4. The molecule has 0 aliphatic carbocycles. The number of hydrogen-bond acceptors (Lipinski definition) is 4. The topological polar surface area (TPSA) is 77.2 Å². The van der Waals surface area contributed by atoms with Crippen LogP contribution in [0.3, 0.4) is 0 Å². The summed E-state index contributed by atoms with van der Waals surface area (Å²) in [5, 5.41) is -0.0105. The predicted molar refractivity (Wildman–Crippen MR) is 160 cm³/mol. The van der Waals surface area contributed by atoms with Gasteiger partial charge in [-0.25, -0.2) is 13.8 Å². The second kappa shape index (κ2) is 11.3. The van der Waals surface area contributed by atoms with Crippen LogP contribution in [0, 0.1) is 17.6 Å². The summed E-state index contributed by atoms with van der Waals surface area (Å²) >= 11 is 6.64. The van der Waals surface area contributed by atoms with Crippen LogP contribution in [0.25, 0.3) is 28.1 Å². The highest BCUT2D eigenvalue weighted by atomic mass is 35.5. The van der Waals surface area contributed by atoms with Crippen LogP contribution in [0.1, 0.15) is 50.7 Å². The lowest BCUT2D eigenvalue weighted by molar-refractivity contribution is -0.132. The summed E-state index contributed by atoms with van der Waals surface area (Å²) in [6.45, 7) is 12.4. The lowest BCUT2D eigenvalue weighted by atomic mass is 9.92. The quantitative estimate of drug-likeness (QED) is 0.194. The molecule has 5 rings (SSSR count). The second-order valence-corrected chi connectivity index (χ2v) is 11.6. The molecule has 0 bridgehead atoms. The van der Waals surface area contributed by atoms with Crippen molar-refractivity contribution in [2.45, 2.75) is 46.1 Å². The number of carbonyl (C=O) groups is 1. The number of amides is 1. The maximum Gasteiger partial charge on any atom is 0.322 e. The Balaban J connectivity index is 1.85. The highest BCUT2D eigenvalue weighted by Crippen LogP contribution is 2.35. The van der Waals surface area contributed by atoms with Crippen LogP contribution in [-0.2, 0) is 11.3 Å². The van der Waals surface area contributed by atoms with Gasteiger partial charge in [-0.15, -0.1) is 0 Å². The molecule has 0 atom stereocenters. The lowest BCUT2D eigenvalue weighted by Gasteiger charge is -2.39. The van der Waals surface area contributed by atoms with Crippen molar-refractivity contribution in [3.63, 3.8) is 0 Å². The highest BCUT2D eigenvalue weighted by Gasteiger charge is 2.32. The molecule has 3 heterocycles. The summed E-state index contributed by atoms with van der Waals surface area (Å²) in [5.74, 6) is -2.53. The third-order valence-corrected chi connectivity index (χ3v) is 8.02. The Morgan fingerprint density at radius 1 is 1.05 bits per heavy atom. The number of aromatic nitrogens is 3. The molecule has 0 spiro atoms. The maximum absolute atomic E-state index is 15.0. The van der Waals surface area contributed by atoms with Gasteiger partial charge >= 0.3 is 11.1 Å². The van der Waals surface area contributed by atoms with Gasteiger partial charge in [0.25, 0.3) is 0 Å². The number of likely N-dealkylation sites (tertiary alicyclic amines) is 1. The first-order valence-electron chi connectivity index (χ1n) is 13.8. The highest BCUT2D eigenvalue weighted by molar-refractivity contribution is 6.33. The van der Waals surface area contributed by atoms with E-state index in [0.29, 0.717) is 18.8 Å². The van der Waals surface area contributed by atoms with E-state index >= 15 is 0 Å². The van der Waals surface area contributed by atoms with Crippen LogP contribution in [-0.4, -0.2) is 38.0 Å². The van der Waals surface area contributed by atoms with Crippen LogP contribution >= 0.6 is 11.6 Å². The fourth-order valence-corrected chi connectivity index (χ4v) is 5.78. The average molecular weight is 593 g/mol. The minimum Gasteiger partial charge on any atom is -0.338 e. The van der Waals surface area contributed by atoms with Crippen molar-refractivity contribution in [3.05, 3.63) is 104 Å². The van der Waals surface area contributed by atoms with Gasteiger partial charge < -0.3 is 9.47 Å². The SMILES string of the molecule is C=CC(=O)N1CC(Cn2c(=O)c(=O)n(-c3c(C(C)C)cccc3C(C)C)c3nc(-c4cccc(F)c4F)c(Cl)cc32)C1. The number of benzene rings is 2. The van der Waals surface area contributed by atoms with E-state index in [4.69, 9.17) is 11.6 Å². The molecule has 0 saturated carbocycles. The molecule has 1 aliphatic rings. The third-order valence-electron chi connectivity index (χ3n) is 7.73. The predicted octanol–water partition coefficient (Wildman–Crippen LogP) is 6.04. The van der Waals surface area contributed by atoms with Crippen LogP contribution in [0.5, 0.6) is 0 Å². The van der Waals surface area contributed by atoms with Crippen LogP contribution in [0.15, 0.2) is 64.7 Å². The molecule has 42 heavy (non-hydrogen) atoms. The minimum atomic E-state index is -1.12. The summed E-state index contributed by atoms with van der Waals surface area (Å²) in [5.41, 5.74) is 0.736. The van der Waals surface area contributed by atoms with Gasteiger partial charge in [-0.3, -0.25) is 19.0 Å². The fraction of sp³-hybridized carbons (Fsp3) is 0.312. The molecule has 0 N–H and O–H groups in total. The van der Waals surface area contributed by atoms with Crippen molar-refractivity contribution in [2.75, 3.05) is 13.1 Å². The Kier molecular flexibility index (Phi) is 7.90. The first-order valence-corrected chi connectivity index (χ1v) is 14.2. The Morgan fingerprint density at radius 3 is 2.26 bits per heavy atom. The van der Waals surface area contributed by atoms with Crippen molar-refractivity contribution < 1.29 is 13.6 Å². The number of pyridine rings is 1. The number of para-hydroxylation sites is 1. The molecule has 1 aliphatic heterocycles. The number of carbonyl (C=O) groups excluding carboxylic acids is 1. The van der Waals surface area contributed by atoms with Crippen LogP contribution in [0.2, 0.25) is 5.02 Å². The summed E-state index contributed by atoms with van der Waals surface area (Å²) in [6, 6.07) is 10.9. The van der Waals surface area contributed by atoms with Gasteiger partial charge in [0.2, 0.25) is 5.91 Å². The summed E-state index contributed by atoms with van der Waals surface area (Å²) in [6.07, 6.45) is 1.23. The summed E-state index contributed by atoms with van der Waals surface area (Å²) in [7, 11) is 0. The Morgan fingerprint density at radius 2 is 1.67 bits per heavy atom. The van der Waals surface area contributed by atoms with E-state index in [1.165, 1.54) is 33.4 Å². The molecule has 10 heteroatoms. The van der Waals surface area contributed by atoms with Crippen molar-refractivity contribution in [3.8, 4) is 16.9 Å². The van der Waals surface area contributed by atoms with E-state index in [2.05, 4.69) is 11.6 Å². The summed E-state index contributed by atoms with van der Waals surface area (Å²) in [4.78, 5) is 46.1. The molecule has 7 nitrogen and oxygen atoms in total. The lowest BCUT2D eigenvalue weighted by Crippen LogP contribution is -2.52. The molecule has 4 aromatic rings. The summed E-state index contributed by atoms with van der Waals surface area (Å²) < 4.78 is 31.8. The number of fused-ring (bicyclic) bond motifs is 1. The van der Waals surface area contributed by atoms with E-state index < -0.39 is 22.8 Å². The first-order chi connectivity index (χ1) is 19.9. The average Bonchev–Trinajstić information content (AvgIpc) is 2.93. The van der Waals surface area contributed by atoms with Gasteiger partial charge in [-0.2, -0.15) is 0 Å². The Bertz CT molecular complexity index is 1830. The third kappa shape index (κ3) is 4.96. The molecule has 218 valence electrons. The minimum absolute atomic E-state index is 0.0105. The molecule has 1 amide bonds. The zero-order valence-electron chi connectivity index (χ0n) is 23.8. The second-order valence-electron chi connectivity index (χ2n) is 11.2. The van der Waals surface area contributed by atoms with Crippen LogP contribution < -0.4 is 11.1 Å². The van der Waals surface area contributed by atoms with Gasteiger partial charge in [-0.05, 0) is 47.2 Å². The van der Waals surface area contributed by atoms with E-state index in [-0.39, 0.29) is 57.6 Å². The van der Waals surface area contributed by atoms with Crippen molar-refractivity contribution >= 4 is 28.7 Å². The van der Waals surface area contributed by atoms with E-state index in [1.54, 1.807) is 4.90 Å². The number of hydrogen-bond donors (Lipinski definition) is 0. The smallest absolute Gasteiger partial charge is 0.322 e. The van der Waals surface area contributed by atoms with Gasteiger partial charge in [-0.1, -0.05) is 70.1 Å². The molecule has 1 fully saturated rings. The largest absolute Gasteiger partial charge is 0.338 e. The van der Waals surface area contributed by atoms with E-state index in [9.17, 15) is 23.2 Å². The fourth-order valence-electron chi connectivity index (χ4n) is 5.54. The molecule has 2 aromatic carbocycles. The standard InChI is InChI=1S/C32H31ClF2N4O3/c1-6-26(40)37-14-19(15-37)16-38-25-13-23(33)28(22-11-8-12-24(34)27(22)35)36-30(25)39(32(42)31(38)41)29-20(17(2)3)9-7-10-21(29)18(4)5/h6-13,17-19H,1,14-16H2,2-5H3. The number of halogens is 3. The zero-order chi connectivity index (χ0) is 30.5.